The van der Waals surface area contributed by atoms with Crippen LogP contribution in [0.1, 0.15) is 13.8 Å². The van der Waals surface area contributed by atoms with E-state index in [1.165, 1.54) is 13.0 Å². The Balaban J connectivity index is 2.12. The highest BCUT2D eigenvalue weighted by molar-refractivity contribution is 5.92. The molecule has 1 N–H and O–H groups in total. The van der Waals surface area contributed by atoms with Crippen molar-refractivity contribution >= 4 is 22.6 Å². The van der Waals surface area contributed by atoms with Gasteiger partial charge in [-0.2, -0.15) is 0 Å². The van der Waals surface area contributed by atoms with Gasteiger partial charge in [-0.25, -0.2) is 0 Å². The van der Waals surface area contributed by atoms with Gasteiger partial charge in [-0.05, 0) is 37.3 Å². The summed E-state index contributed by atoms with van der Waals surface area (Å²) >= 11 is 0. The van der Waals surface area contributed by atoms with Gasteiger partial charge in [0.05, 0.1) is 17.6 Å². The molecule has 0 spiro atoms. The fourth-order valence-corrected chi connectivity index (χ4v) is 2.52. The number of nitrogens with one attached hydrogen (secondary N) is 1. The maximum absolute atomic E-state index is 12.5. The molecule has 0 bridgehead atoms. The molecule has 0 saturated heterocycles. The first kappa shape index (κ1) is 15.8. The van der Waals surface area contributed by atoms with Gasteiger partial charge >= 0.3 is 0 Å². The van der Waals surface area contributed by atoms with Crippen LogP contribution in [-0.4, -0.2) is 12.5 Å². The average molecular weight is 323 g/mol. The summed E-state index contributed by atoms with van der Waals surface area (Å²) in [6.07, 6.45) is 0. The van der Waals surface area contributed by atoms with E-state index >= 15 is 0 Å². The van der Waals surface area contributed by atoms with E-state index in [0.29, 0.717) is 34.8 Å². The van der Waals surface area contributed by atoms with Crippen LogP contribution < -0.4 is 15.5 Å². The van der Waals surface area contributed by atoms with Gasteiger partial charge in [0.15, 0.2) is 5.43 Å². The lowest BCUT2D eigenvalue weighted by Crippen LogP contribution is -2.07. The molecule has 3 aromatic rings. The Bertz CT molecular complexity index is 959. The zero-order chi connectivity index (χ0) is 17.1. The SMILES string of the molecule is CCOc1ccccc1-c1cc(=O)c2cc(NC(C)=O)ccc2o1. The van der Waals surface area contributed by atoms with Gasteiger partial charge in [0.1, 0.15) is 17.1 Å². The third-order valence-corrected chi connectivity index (χ3v) is 3.50. The third kappa shape index (κ3) is 3.15. The second-order valence-corrected chi connectivity index (χ2v) is 5.30. The van der Waals surface area contributed by atoms with Crippen molar-refractivity contribution in [1.82, 2.24) is 0 Å². The topological polar surface area (TPSA) is 68.5 Å². The lowest BCUT2D eigenvalue weighted by Gasteiger charge is -2.10. The van der Waals surface area contributed by atoms with Crippen molar-refractivity contribution in [2.45, 2.75) is 13.8 Å². The van der Waals surface area contributed by atoms with Gasteiger partial charge in [-0.1, -0.05) is 12.1 Å². The second kappa shape index (κ2) is 6.58. The number of benzene rings is 2. The quantitative estimate of drug-likeness (QED) is 0.792. The first-order chi connectivity index (χ1) is 11.6. The van der Waals surface area contributed by atoms with Crippen molar-refractivity contribution in [2.24, 2.45) is 0 Å². The molecule has 0 fully saturated rings. The average Bonchev–Trinajstić information content (AvgIpc) is 2.55. The molecule has 0 radical (unpaired) electrons. The first-order valence-corrected chi connectivity index (χ1v) is 7.66. The molecule has 1 aromatic heterocycles. The van der Waals surface area contributed by atoms with Crippen LogP contribution in [0, 0.1) is 0 Å². The van der Waals surface area contributed by atoms with E-state index in [9.17, 15) is 9.59 Å². The van der Waals surface area contributed by atoms with Crippen LogP contribution in [0.4, 0.5) is 5.69 Å². The number of rotatable bonds is 4. The summed E-state index contributed by atoms with van der Waals surface area (Å²) in [6, 6.07) is 13.8. The van der Waals surface area contributed by atoms with E-state index in [2.05, 4.69) is 5.32 Å². The summed E-state index contributed by atoms with van der Waals surface area (Å²) in [4.78, 5) is 23.6. The van der Waals surface area contributed by atoms with Gasteiger partial charge in [0.25, 0.3) is 0 Å². The van der Waals surface area contributed by atoms with Crippen LogP contribution >= 0.6 is 0 Å². The van der Waals surface area contributed by atoms with E-state index in [1.54, 1.807) is 18.2 Å². The number of fused-ring (bicyclic) bond motifs is 1. The minimum atomic E-state index is -0.194. The van der Waals surface area contributed by atoms with Gasteiger partial charge in [-0.3, -0.25) is 9.59 Å². The minimum Gasteiger partial charge on any atom is -0.493 e. The molecule has 5 heteroatoms. The van der Waals surface area contributed by atoms with Crippen LogP contribution in [0.3, 0.4) is 0 Å². The predicted octanol–water partition coefficient (Wildman–Crippen LogP) is 3.82. The highest BCUT2D eigenvalue weighted by Crippen LogP contribution is 2.31. The number of hydrogen-bond donors (Lipinski definition) is 1. The van der Waals surface area contributed by atoms with Crippen molar-refractivity contribution in [3.8, 4) is 17.1 Å². The normalized spacial score (nSPS) is 10.6. The molecule has 3 rings (SSSR count). The Morgan fingerprint density at radius 3 is 2.71 bits per heavy atom. The Kier molecular flexibility index (Phi) is 4.33. The molecule has 0 aliphatic rings. The van der Waals surface area contributed by atoms with E-state index in [1.807, 2.05) is 31.2 Å². The molecule has 0 aliphatic carbocycles. The van der Waals surface area contributed by atoms with Crippen LogP contribution in [0.5, 0.6) is 5.75 Å². The minimum absolute atomic E-state index is 0.176. The summed E-state index contributed by atoms with van der Waals surface area (Å²) in [5.41, 5.74) is 1.57. The summed E-state index contributed by atoms with van der Waals surface area (Å²) in [5, 5.41) is 3.07. The predicted molar refractivity (Wildman–Crippen MR) is 93.4 cm³/mol. The third-order valence-electron chi connectivity index (χ3n) is 3.50. The number of anilines is 1. The monoisotopic (exact) mass is 323 g/mol. The highest BCUT2D eigenvalue weighted by atomic mass is 16.5. The van der Waals surface area contributed by atoms with Crippen molar-refractivity contribution in [3.05, 3.63) is 58.8 Å². The molecule has 122 valence electrons. The summed E-state index contributed by atoms with van der Waals surface area (Å²) in [6.45, 7) is 3.84. The number of carbonyl (C=O) groups is 1. The van der Waals surface area contributed by atoms with Crippen LogP contribution in [-0.2, 0) is 4.79 Å². The molecule has 1 heterocycles. The number of para-hydroxylation sites is 1. The Labute approximate surface area is 138 Å². The van der Waals surface area contributed by atoms with E-state index < -0.39 is 0 Å². The fraction of sp³-hybridized carbons (Fsp3) is 0.158. The largest absolute Gasteiger partial charge is 0.493 e. The van der Waals surface area contributed by atoms with Crippen molar-refractivity contribution in [1.29, 1.82) is 0 Å². The molecule has 0 saturated carbocycles. The van der Waals surface area contributed by atoms with Crippen molar-refractivity contribution in [3.63, 3.8) is 0 Å². The molecule has 0 unspecified atom stereocenters. The zero-order valence-corrected chi connectivity index (χ0v) is 13.5. The van der Waals surface area contributed by atoms with Gasteiger partial charge in [-0.15, -0.1) is 0 Å². The number of ether oxygens (including phenoxy) is 1. The molecule has 0 aliphatic heterocycles. The summed E-state index contributed by atoms with van der Waals surface area (Å²) in [7, 11) is 0. The molecule has 1 amide bonds. The van der Waals surface area contributed by atoms with E-state index in [0.717, 1.165) is 5.56 Å². The first-order valence-electron chi connectivity index (χ1n) is 7.66. The van der Waals surface area contributed by atoms with Crippen molar-refractivity contribution in [2.75, 3.05) is 11.9 Å². The second-order valence-electron chi connectivity index (χ2n) is 5.30. The summed E-state index contributed by atoms with van der Waals surface area (Å²) < 4.78 is 11.5. The molecule has 0 atom stereocenters. The molecular weight excluding hydrogens is 306 g/mol. The molecular formula is C19H17NO4. The van der Waals surface area contributed by atoms with Gasteiger partial charge < -0.3 is 14.5 Å². The molecule has 5 nitrogen and oxygen atoms in total. The Morgan fingerprint density at radius 1 is 1.17 bits per heavy atom. The summed E-state index contributed by atoms with van der Waals surface area (Å²) in [5.74, 6) is 0.919. The maximum Gasteiger partial charge on any atom is 0.221 e. The van der Waals surface area contributed by atoms with Crippen molar-refractivity contribution < 1.29 is 13.9 Å². The lowest BCUT2D eigenvalue weighted by atomic mass is 10.1. The zero-order valence-electron chi connectivity index (χ0n) is 13.5. The van der Waals surface area contributed by atoms with E-state index in [-0.39, 0.29) is 11.3 Å². The standard InChI is InChI=1S/C19H17NO4/c1-3-23-17-7-5-4-6-14(17)19-11-16(22)15-10-13(20-12(2)21)8-9-18(15)24-19/h4-11H,3H2,1-2H3,(H,20,21). The smallest absolute Gasteiger partial charge is 0.221 e. The van der Waals surface area contributed by atoms with Crippen LogP contribution in [0.2, 0.25) is 0 Å². The van der Waals surface area contributed by atoms with Crippen LogP contribution in [0.15, 0.2) is 57.7 Å². The van der Waals surface area contributed by atoms with E-state index in [4.69, 9.17) is 9.15 Å². The lowest BCUT2D eigenvalue weighted by molar-refractivity contribution is -0.114. The fourth-order valence-electron chi connectivity index (χ4n) is 2.52. The van der Waals surface area contributed by atoms with Gasteiger partial charge in [0, 0.05) is 18.7 Å². The van der Waals surface area contributed by atoms with Crippen LogP contribution in [0.25, 0.3) is 22.3 Å². The Morgan fingerprint density at radius 2 is 1.96 bits per heavy atom. The number of carbonyl (C=O) groups excluding carboxylic acids is 1. The highest BCUT2D eigenvalue weighted by Gasteiger charge is 2.12. The van der Waals surface area contributed by atoms with Gasteiger partial charge in [0.2, 0.25) is 5.91 Å². The molecule has 2 aromatic carbocycles. The Hall–Kier alpha value is -3.08. The number of hydrogen-bond acceptors (Lipinski definition) is 4. The number of amides is 1. The molecule has 24 heavy (non-hydrogen) atoms. The maximum atomic E-state index is 12.5.